The van der Waals surface area contributed by atoms with Crippen LogP contribution in [-0.4, -0.2) is 34.8 Å². The molecule has 3 rings (SSSR count). The van der Waals surface area contributed by atoms with Crippen LogP contribution in [0.5, 0.6) is 0 Å². The average Bonchev–Trinajstić information content (AvgIpc) is 3.15. The molecule has 2 aromatic rings. The predicted octanol–water partition coefficient (Wildman–Crippen LogP) is 2.27. The average molecular weight is 314 g/mol. The Balaban J connectivity index is 1.47. The second kappa shape index (κ2) is 7.09. The van der Waals surface area contributed by atoms with Crippen LogP contribution in [0.2, 0.25) is 0 Å². The first-order valence-electron chi connectivity index (χ1n) is 7.62. The molecule has 1 fully saturated rings. The molecule has 0 atom stereocenters. The Morgan fingerprint density at radius 2 is 2.09 bits per heavy atom. The monoisotopic (exact) mass is 314 g/mol. The molecule has 0 radical (unpaired) electrons. The molecule has 23 heavy (non-hydrogen) atoms. The highest BCUT2D eigenvalue weighted by atomic mass is 16.5. The number of rotatable bonds is 4. The summed E-state index contributed by atoms with van der Waals surface area (Å²) in [5.41, 5.74) is 1.27. The second-order valence-corrected chi connectivity index (χ2v) is 5.51. The van der Waals surface area contributed by atoms with Crippen molar-refractivity contribution in [2.75, 3.05) is 13.1 Å². The number of aromatic nitrogens is 1. The molecule has 2 aromatic heterocycles. The van der Waals surface area contributed by atoms with Gasteiger partial charge >= 0.3 is 5.97 Å². The van der Waals surface area contributed by atoms with Gasteiger partial charge in [-0.2, -0.15) is 0 Å². The summed E-state index contributed by atoms with van der Waals surface area (Å²) in [6, 6.07) is 7.14. The summed E-state index contributed by atoms with van der Waals surface area (Å²) in [5, 5.41) is 0. The zero-order valence-electron chi connectivity index (χ0n) is 12.7. The second-order valence-electron chi connectivity index (χ2n) is 5.51. The van der Waals surface area contributed by atoms with Crippen LogP contribution < -0.4 is 0 Å². The predicted molar refractivity (Wildman–Crippen MR) is 81.4 cm³/mol. The Bertz CT molecular complexity index is 646. The van der Waals surface area contributed by atoms with E-state index in [2.05, 4.69) is 4.98 Å². The molecule has 6 nitrogen and oxygen atoms in total. The third-order valence-corrected chi connectivity index (χ3v) is 3.97. The molecule has 0 unspecified atom stereocenters. The number of amides is 1. The van der Waals surface area contributed by atoms with Gasteiger partial charge < -0.3 is 14.1 Å². The van der Waals surface area contributed by atoms with Crippen LogP contribution in [0.15, 0.2) is 47.4 Å². The number of hydrogen-bond donors (Lipinski definition) is 0. The third kappa shape index (κ3) is 3.77. The molecular weight excluding hydrogens is 296 g/mol. The van der Waals surface area contributed by atoms with Gasteiger partial charge in [-0.05, 0) is 31.0 Å². The maximum absolute atomic E-state index is 12.2. The van der Waals surface area contributed by atoms with Crippen molar-refractivity contribution in [3.63, 3.8) is 0 Å². The van der Waals surface area contributed by atoms with Crippen molar-refractivity contribution >= 4 is 11.9 Å². The van der Waals surface area contributed by atoms with Gasteiger partial charge in [0.1, 0.15) is 12.9 Å². The lowest BCUT2D eigenvalue weighted by Gasteiger charge is -2.30. The Morgan fingerprint density at radius 1 is 1.26 bits per heavy atom. The van der Waals surface area contributed by atoms with Gasteiger partial charge in [0.2, 0.25) is 0 Å². The minimum absolute atomic E-state index is 0.0564. The Labute approximate surface area is 134 Å². The number of pyridine rings is 1. The van der Waals surface area contributed by atoms with E-state index in [4.69, 9.17) is 9.15 Å². The van der Waals surface area contributed by atoms with E-state index < -0.39 is 0 Å². The number of piperidine rings is 1. The van der Waals surface area contributed by atoms with E-state index in [1.807, 2.05) is 18.2 Å². The number of furan rings is 1. The lowest BCUT2D eigenvalue weighted by molar-refractivity contribution is -0.151. The Hall–Kier alpha value is -2.63. The topological polar surface area (TPSA) is 72.6 Å². The summed E-state index contributed by atoms with van der Waals surface area (Å²) in [4.78, 5) is 30.2. The SMILES string of the molecule is O=C(OCc1ccccn1)C1CCN(C(=O)c2ccoc2)CC1. The number of nitrogens with zero attached hydrogens (tertiary/aromatic N) is 2. The smallest absolute Gasteiger partial charge is 0.309 e. The molecule has 6 heteroatoms. The molecule has 1 amide bonds. The normalized spacial score (nSPS) is 15.4. The highest BCUT2D eigenvalue weighted by Crippen LogP contribution is 2.21. The third-order valence-electron chi connectivity index (χ3n) is 3.97. The number of hydrogen-bond acceptors (Lipinski definition) is 5. The van der Waals surface area contributed by atoms with E-state index in [1.165, 1.54) is 12.5 Å². The zero-order chi connectivity index (χ0) is 16.1. The molecule has 1 aliphatic rings. The summed E-state index contributed by atoms with van der Waals surface area (Å²) in [5.74, 6) is -0.433. The van der Waals surface area contributed by atoms with Crippen molar-refractivity contribution in [1.29, 1.82) is 0 Å². The number of ether oxygens (including phenoxy) is 1. The zero-order valence-corrected chi connectivity index (χ0v) is 12.7. The van der Waals surface area contributed by atoms with Gasteiger partial charge in [-0.1, -0.05) is 6.07 Å². The largest absolute Gasteiger partial charge is 0.472 e. The Morgan fingerprint density at radius 3 is 2.74 bits per heavy atom. The van der Waals surface area contributed by atoms with Gasteiger partial charge in [0.15, 0.2) is 0 Å². The van der Waals surface area contributed by atoms with Crippen molar-refractivity contribution in [1.82, 2.24) is 9.88 Å². The van der Waals surface area contributed by atoms with E-state index in [-0.39, 0.29) is 24.4 Å². The van der Waals surface area contributed by atoms with Crippen LogP contribution >= 0.6 is 0 Å². The minimum Gasteiger partial charge on any atom is -0.472 e. The molecule has 0 saturated carbocycles. The highest BCUT2D eigenvalue weighted by molar-refractivity contribution is 5.94. The van der Waals surface area contributed by atoms with Crippen molar-refractivity contribution < 1.29 is 18.7 Å². The van der Waals surface area contributed by atoms with E-state index in [9.17, 15) is 9.59 Å². The fourth-order valence-corrected chi connectivity index (χ4v) is 2.63. The molecule has 0 bridgehead atoms. The van der Waals surface area contributed by atoms with Crippen molar-refractivity contribution in [3.05, 3.63) is 54.2 Å². The molecule has 0 N–H and O–H groups in total. The summed E-state index contributed by atoms with van der Waals surface area (Å²) in [6.45, 7) is 1.29. The van der Waals surface area contributed by atoms with Crippen molar-refractivity contribution in [3.8, 4) is 0 Å². The molecule has 0 aliphatic carbocycles. The van der Waals surface area contributed by atoms with E-state index in [1.54, 1.807) is 17.2 Å². The number of carbonyl (C=O) groups excluding carboxylic acids is 2. The summed E-state index contributed by atoms with van der Waals surface area (Å²) in [6.07, 6.45) is 5.82. The summed E-state index contributed by atoms with van der Waals surface area (Å²) in [7, 11) is 0. The fourth-order valence-electron chi connectivity index (χ4n) is 2.63. The van der Waals surface area contributed by atoms with Crippen molar-refractivity contribution in [2.24, 2.45) is 5.92 Å². The van der Waals surface area contributed by atoms with Gasteiger partial charge in [-0.25, -0.2) is 0 Å². The van der Waals surface area contributed by atoms with Gasteiger partial charge in [-0.3, -0.25) is 14.6 Å². The van der Waals surface area contributed by atoms with Crippen LogP contribution in [0.4, 0.5) is 0 Å². The van der Waals surface area contributed by atoms with Crippen LogP contribution in [0.25, 0.3) is 0 Å². The van der Waals surface area contributed by atoms with Gasteiger partial charge in [0, 0.05) is 19.3 Å². The molecule has 0 spiro atoms. The maximum atomic E-state index is 12.2. The summed E-state index contributed by atoms with van der Waals surface area (Å²) >= 11 is 0. The number of esters is 1. The number of carbonyl (C=O) groups is 2. The molecule has 0 aromatic carbocycles. The lowest BCUT2D eigenvalue weighted by Crippen LogP contribution is -2.40. The van der Waals surface area contributed by atoms with Gasteiger partial charge in [-0.15, -0.1) is 0 Å². The standard InChI is InChI=1S/C17H18N2O4/c20-16(14-6-10-22-11-14)19-8-4-13(5-9-19)17(21)23-12-15-3-1-2-7-18-15/h1-3,6-7,10-11,13H,4-5,8-9,12H2. The van der Waals surface area contributed by atoms with Crippen molar-refractivity contribution in [2.45, 2.75) is 19.4 Å². The molecular formula is C17H18N2O4. The van der Waals surface area contributed by atoms with Crippen LogP contribution in [0.1, 0.15) is 28.9 Å². The van der Waals surface area contributed by atoms with Crippen LogP contribution in [0, 0.1) is 5.92 Å². The molecule has 1 aliphatic heterocycles. The van der Waals surface area contributed by atoms with Gasteiger partial charge in [0.05, 0.1) is 23.4 Å². The highest BCUT2D eigenvalue weighted by Gasteiger charge is 2.29. The molecule has 3 heterocycles. The number of likely N-dealkylation sites (tertiary alicyclic amines) is 1. The van der Waals surface area contributed by atoms with E-state index in [0.29, 0.717) is 31.5 Å². The van der Waals surface area contributed by atoms with Crippen LogP contribution in [0.3, 0.4) is 0 Å². The Kier molecular flexibility index (Phi) is 4.71. The van der Waals surface area contributed by atoms with E-state index >= 15 is 0 Å². The fraction of sp³-hybridized carbons (Fsp3) is 0.353. The van der Waals surface area contributed by atoms with Gasteiger partial charge in [0.25, 0.3) is 5.91 Å². The van der Waals surface area contributed by atoms with E-state index in [0.717, 1.165) is 5.69 Å². The first kappa shape index (κ1) is 15.3. The maximum Gasteiger partial charge on any atom is 0.309 e. The summed E-state index contributed by atoms with van der Waals surface area (Å²) < 4.78 is 10.2. The lowest BCUT2D eigenvalue weighted by atomic mass is 9.96. The molecule has 1 saturated heterocycles. The first-order chi connectivity index (χ1) is 11.2. The minimum atomic E-state index is -0.217. The molecule has 120 valence electrons. The quantitative estimate of drug-likeness (QED) is 0.810. The first-order valence-corrected chi connectivity index (χ1v) is 7.62. The van der Waals surface area contributed by atoms with Crippen LogP contribution in [-0.2, 0) is 16.1 Å².